The number of carbonyl (C=O) groups is 2. The molecule has 5 heterocycles. The Morgan fingerprint density at radius 3 is 1.73 bits per heavy atom. The van der Waals surface area contributed by atoms with E-state index < -0.39 is 19.0 Å². The molecule has 0 aliphatic carbocycles. The Morgan fingerprint density at radius 1 is 0.902 bits per heavy atom. The fourth-order valence-electron chi connectivity index (χ4n) is 2.39. The number of aldehydes is 1. The first kappa shape index (κ1) is 39.6. The molecular formula is C24H32ClN7O6S3. The minimum Gasteiger partial charge on any atom is -0.412 e. The molecule has 0 unspecified atom stereocenters. The molecular weight excluding hydrogens is 614 g/mol. The number of aliphatic hydroxyl groups excluding tert-OH is 3. The number of carbonyl (C=O) groups excluding carboxylic acids is 2. The van der Waals surface area contributed by atoms with Crippen LogP contribution in [0.2, 0.25) is 0 Å². The van der Waals surface area contributed by atoms with Crippen molar-refractivity contribution in [3.05, 3.63) is 81.2 Å². The van der Waals surface area contributed by atoms with E-state index in [1.54, 1.807) is 28.9 Å². The van der Waals surface area contributed by atoms with Crippen molar-refractivity contribution in [1.82, 2.24) is 26.1 Å². The molecule has 0 aliphatic rings. The molecule has 5 aromatic rings. The first-order chi connectivity index (χ1) is 18.4. The van der Waals surface area contributed by atoms with Gasteiger partial charge in [-0.1, -0.05) is 18.2 Å². The largest absolute Gasteiger partial charge is 0.412 e. The fourth-order valence-corrected chi connectivity index (χ4v) is 4.33. The van der Waals surface area contributed by atoms with Crippen LogP contribution in [0.15, 0.2) is 64.9 Å². The summed E-state index contributed by atoms with van der Waals surface area (Å²) in [6, 6.07) is 11.6. The lowest BCUT2D eigenvalue weighted by Crippen LogP contribution is -2.08. The second-order valence-corrected chi connectivity index (χ2v) is 9.76. The Hall–Kier alpha value is -3.58. The van der Waals surface area contributed by atoms with E-state index in [1.165, 1.54) is 17.5 Å². The number of H-pyrrole nitrogens is 2. The monoisotopic (exact) mass is 645 g/mol. The number of hydrogen-bond donors (Lipinski definition) is 8. The summed E-state index contributed by atoms with van der Waals surface area (Å²) in [5.74, 6) is 1.19. The summed E-state index contributed by atoms with van der Waals surface area (Å²) in [4.78, 5) is 37.1. The van der Waals surface area contributed by atoms with E-state index in [0.29, 0.717) is 5.69 Å². The lowest BCUT2D eigenvalue weighted by Gasteiger charge is -1.88. The number of Topliss-reactive ketones (excluding diaryl/α,β-unsaturated/α-hetero) is 1. The Bertz CT molecular complexity index is 1350. The topological polar surface area (TPSA) is 269 Å². The number of amidine groups is 1. The van der Waals surface area contributed by atoms with Crippen LogP contribution in [-0.2, 0) is 11.4 Å². The number of aromatic amines is 2. The van der Waals surface area contributed by atoms with Gasteiger partial charge < -0.3 is 42.6 Å². The number of aromatic nitrogens is 4. The molecule has 13 N–H and O–H groups in total. The van der Waals surface area contributed by atoms with Crippen LogP contribution in [0.5, 0.6) is 0 Å². The number of rotatable bonds is 7. The molecule has 5 aromatic heterocycles. The predicted molar refractivity (Wildman–Crippen MR) is 166 cm³/mol. The van der Waals surface area contributed by atoms with Crippen LogP contribution < -0.4 is 11.9 Å². The van der Waals surface area contributed by atoms with Crippen molar-refractivity contribution >= 4 is 64.3 Å². The Kier molecular flexibility index (Phi) is 21.4. The van der Waals surface area contributed by atoms with Gasteiger partial charge in [-0.3, -0.25) is 15.0 Å². The Morgan fingerprint density at radius 2 is 1.41 bits per heavy atom. The summed E-state index contributed by atoms with van der Waals surface area (Å²) in [5, 5.41) is 37.2. The third-order valence-corrected chi connectivity index (χ3v) is 6.83. The highest BCUT2D eigenvalue weighted by molar-refractivity contribution is 7.13. The lowest BCUT2D eigenvalue weighted by molar-refractivity contribution is -0.124. The van der Waals surface area contributed by atoms with Crippen molar-refractivity contribution < 1.29 is 30.4 Å². The maximum Gasteiger partial charge on any atom is 0.183 e. The van der Waals surface area contributed by atoms with Gasteiger partial charge in [-0.05, 0) is 34.3 Å². The molecule has 224 valence electrons. The van der Waals surface area contributed by atoms with Crippen molar-refractivity contribution in [2.24, 2.45) is 5.73 Å². The number of imidazole rings is 2. The smallest absolute Gasteiger partial charge is 0.183 e. The van der Waals surface area contributed by atoms with Gasteiger partial charge in [0.2, 0.25) is 0 Å². The molecule has 13 nitrogen and oxygen atoms in total. The average Bonchev–Trinajstić information content (AvgIpc) is 3.79. The number of nitrogens with two attached hydrogens (primary N) is 1. The quantitative estimate of drug-likeness (QED) is 0.0733. The average molecular weight is 646 g/mol. The van der Waals surface area contributed by atoms with Crippen molar-refractivity contribution in [2.75, 3.05) is 13.2 Å². The molecule has 41 heavy (non-hydrogen) atoms. The third kappa shape index (κ3) is 14.0. The number of thiophene rings is 3. The zero-order valence-corrected chi connectivity index (χ0v) is 24.8. The van der Waals surface area contributed by atoms with Gasteiger partial charge >= 0.3 is 0 Å². The third-order valence-electron chi connectivity index (χ3n) is 4.17. The van der Waals surface area contributed by atoms with Gasteiger partial charge in [-0.15, -0.1) is 46.4 Å². The van der Waals surface area contributed by atoms with E-state index in [0.717, 1.165) is 38.3 Å². The zero-order valence-electron chi connectivity index (χ0n) is 21.5. The van der Waals surface area contributed by atoms with Crippen molar-refractivity contribution in [1.29, 1.82) is 5.41 Å². The molecule has 0 amide bonds. The lowest BCUT2D eigenvalue weighted by atomic mass is 10.4. The molecule has 5 rings (SSSR count). The molecule has 0 radical (unpaired) electrons. The standard InChI is InChI=1S/C8H8N2OS.C8H6N2OS.C5H6N2S.C3H6O3.ClH.H3N.H2O/c2*11-5-6-4-9-8(10-6)7-2-1-3-12-7;6-5(7)4-2-1-3-8-4;4-1-3(6)2-5;;;/h1-4,11H,5H2,(H,9,10);1-5H,(H,9,10);1-3H,(H3,6,7);4-5H,1-2H2;1H;1H3;1H2. The van der Waals surface area contributed by atoms with Crippen LogP contribution in [0.1, 0.15) is 21.1 Å². The van der Waals surface area contributed by atoms with Gasteiger partial charge in [-0.25, -0.2) is 9.97 Å². The van der Waals surface area contributed by atoms with E-state index in [9.17, 15) is 9.59 Å². The summed E-state index contributed by atoms with van der Waals surface area (Å²) in [5.41, 5.74) is 6.41. The number of aliphatic hydroxyl groups is 3. The maximum absolute atomic E-state index is 10.3. The van der Waals surface area contributed by atoms with Crippen LogP contribution in [0.25, 0.3) is 21.4 Å². The second-order valence-electron chi connectivity index (χ2n) is 6.92. The number of ketones is 1. The molecule has 0 bridgehead atoms. The molecule has 0 atom stereocenters. The van der Waals surface area contributed by atoms with E-state index >= 15 is 0 Å². The normalized spacial score (nSPS) is 8.95. The Labute approximate surface area is 253 Å². The predicted octanol–water partition coefficient (Wildman–Crippen LogP) is 2.91. The number of nitrogen functional groups attached to an aromatic ring is 1. The van der Waals surface area contributed by atoms with E-state index in [2.05, 4.69) is 19.9 Å². The van der Waals surface area contributed by atoms with Crippen LogP contribution in [0.3, 0.4) is 0 Å². The highest BCUT2D eigenvalue weighted by Gasteiger charge is 2.03. The SMILES string of the molecule is Cl.N.N=C(N)c1cccs1.O.O=C(CO)CO.O=Cc1cnc(-c2cccs2)[nH]1.OCc1cnc(-c2cccs2)[nH]1. The van der Waals surface area contributed by atoms with Crippen molar-refractivity contribution in [3.8, 4) is 21.4 Å². The van der Waals surface area contributed by atoms with Gasteiger partial charge in [0.05, 0.1) is 45.0 Å². The Balaban J connectivity index is 0. The van der Waals surface area contributed by atoms with Crippen molar-refractivity contribution in [3.63, 3.8) is 0 Å². The second kappa shape index (κ2) is 22.1. The number of halogens is 1. The van der Waals surface area contributed by atoms with Crippen LogP contribution >= 0.6 is 46.4 Å². The summed E-state index contributed by atoms with van der Waals surface area (Å²) in [6.07, 6.45) is 3.93. The van der Waals surface area contributed by atoms with Gasteiger partial charge in [0.25, 0.3) is 0 Å². The summed E-state index contributed by atoms with van der Waals surface area (Å²) in [7, 11) is 0. The number of nitrogens with zero attached hydrogens (tertiary/aromatic N) is 2. The minimum atomic E-state index is -0.559. The van der Waals surface area contributed by atoms with E-state index in [1.807, 2.05) is 52.5 Å². The first-order valence-electron chi connectivity index (χ1n) is 10.8. The fraction of sp³-hybridized carbons (Fsp3) is 0.125. The van der Waals surface area contributed by atoms with Gasteiger partial charge in [-0.2, -0.15) is 0 Å². The number of hydrogen-bond acceptors (Lipinski definition) is 12. The molecule has 0 aliphatic heterocycles. The molecule has 0 saturated heterocycles. The number of nitrogens with one attached hydrogen (secondary N) is 3. The molecule has 0 spiro atoms. The summed E-state index contributed by atoms with van der Waals surface area (Å²) in [6.45, 7) is -1.11. The van der Waals surface area contributed by atoms with E-state index in [-0.39, 0.29) is 36.5 Å². The summed E-state index contributed by atoms with van der Waals surface area (Å²) < 4.78 is 0. The molecule has 0 saturated carbocycles. The zero-order chi connectivity index (χ0) is 27.8. The van der Waals surface area contributed by atoms with Crippen LogP contribution in [-0.4, -0.2) is 71.9 Å². The highest BCUT2D eigenvalue weighted by atomic mass is 35.5. The van der Waals surface area contributed by atoms with Gasteiger partial charge in [0.15, 0.2) is 12.1 Å². The van der Waals surface area contributed by atoms with Gasteiger partial charge in [0, 0.05) is 0 Å². The molecule has 17 heteroatoms. The van der Waals surface area contributed by atoms with Crippen LogP contribution in [0, 0.1) is 5.41 Å². The summed E-state index contributed by atoms with van der Waals surface area (Å²) >= 11 is 4.70. The van der Waals surface area contributed by atoms with Crippen LogP contribution in [0.4, 0.5) is 0 Å². The maximum atomic E-state index is 10.3. The van der Waals surface area contributed by atoms with E-state index in [4.69, 9.17) is 26.5 Å². The molecule has 0 aromatic carbocycles. The first-order valence-corrected chi connectivity index (χ1v) is 13.4. The van der Waals surface area contributed by atoms with Crippen molar-refractivity contribution in [2.45, 2.75) is 6.61 Å². The molecule has 0 fully saturated rings. The minimum absolute atomic E-state index is 0. The highest BCUT2D eigenvalue weighted by Crippen LogP contribution is 2.21. The van der Waals surface area contributed by atoms with Gasteiger partial charge in [0.1, 0.15) is 30.7 Å².